The first kappa shape index (κ1) is 17.0. The van der Waals surface area contributed by atoms with Crippen LogP contribution in [0.2, 0.25) is 0 Å². The van der Waals surface area contributed by atoms with Crippen molar-refractivity contribution < 1.29 is 9.53 Å². The van der Waals surface area contributed by atoms with Gasteiger partial charge < -0.3 is 20.4 Å². The monoisotopic (exact) mass is 316 g/mol. The van der Waals surface area contributed by atoms with Crippen LogP contribution in [0.1, 0.15) is 37.2 Å². The van der Waals surface area contributed by atoms with Crippen LogP contribution in [0.4, 0.5) is 0 Å². The summed E-state index contributed by atoms with van der Waals surface area (Å²) in [6, 6.07) is 6.71. The van der Waals surface area contributed by atoms with Crippen molar-refractivity contribution in [3.63, 3.8) is 0 Å². The number of nitrogens with two attached hydrogens (primary N) is 1. The van der Waals surface area contributed by atoms with Gasteiger partial charge in [0, 0.05) is 19.4 Å². The van der Waals surface area contributed by atoms with Gasteiger partial charge in [-0.3, -0.25) is 4.79 Å². The molecular weight excluding hydrogens is 292 g/mol. The predicted molar refractivity (Wildman–Crippen MR) is 89.1 cm³/mol. The Bertz CT molecular complexity index is 636. The molecule has 124 valence electrons. The summed E-state index contributed by atoms with van der Waals surface area (Å²) in [5.41, 5.74) is 6.86. The maximum absolute atomic E-state index is 12.3. The van der Waals surface area contributed by atoms with E-state index >= 15 is 0 Å². The number of imidazole rings is 1. The third-order valence-electron chi connectivity index (χ3n) is 3.79. The van der Waals surface area contributed by atoms with E-state index < -0.39 is 6.04 Å². The SMILES string of the molecule is CCCC(N)C(=O)NC(c1ccc(OC)cc1)c1nccn1C. The number of nitrogens with zero attached hydrogens (tertiary/aromatic N) is 2. The Labute approximate surface area is 136 Å². The number of methoxy groups -OCH3 is 1. The molecule has 0 radical (unpaired) electrons. The van der Waals surface area contributed by atoms with E-state index in [2.05, 4.69) is 10.3 Å². The molecule has 0 fully saturated rings. The number of rotatable bonds is 7. The van der Waals surface area contributed by atoms with Gasteiger partial charge >= 0.3 is 0 Å². The van der Waals surface area contributed by atoms with Crippen LogP contribution < -0.4 is 15.8 Å². The molecule has 6 heteroatoms. The number of aryl methyl sites for hydroxylation is 1. The van der Waals surface area contributed by atoms with Crippen molar-refractivity contribution >= 4 is 5.91 Å². The van der Waals surface area contributed by atoms with Gasteiger partial charge in [-0.2, -0.15) is 0 Å². The topological polar surface area (TPSA) is 82.2 Å². The molecule has 23 heavy (non-hydrogen) atoms. The fraction of sp³-hybridized carbons (Fsp3) is 0.412. The Balaban J connectivity index is 2.28. The minimum absolute atomic E-state index is 0.171. The zero-order valence-corrected chi connectivity index (χ0v) is 13.8. The number of nitrogens with one attached hydrogen (secondary N) is 1. The molecular formula is C17H24N4O2. The number of benzene rings is 1. The fourth-order valence-electron chi connectivity index (χ4n) is 2.44. The number of aromatic nitrogens is 2. The third-order valence-corrected chi connectivity index (χ3v) is 3.79. The summed E-state index contributed by atoms with van der Waals surface area (Å²) in [7, 11) is 3.52. The van der Waals surface area contributed by atoms with Crippen molar-refractivity contribution in [1.82, 2.24) is 14.9 Å². The van der Waals surface area contributed by atoms with Gasteiger partial charge in [-0.05, 0) is 24.1 Å². The summed E-state index contributed by atoms with van der Waals surface area (Å²) >= 11 is 0. The molecule has 6 nitrogen and oxygen atoms in total. The van der Waals surface area contributed by atoms with Gasteiger partial charge in [0.15, 0.2) is 0 Å². The largest absolute Gasteiger partial charge is 0.497 e. The van der Waals surface area contributed by atoms with E-state index in [9.17, 15) is 4.79 Å². The number of ether oxygens (including phenoxy) is 1. The molecule has 0 aliphatic carbocycles. The fourth-order valence-corrected chi connectivity index (χ4v) is 2.44. The van der Waals surface area contributed by atoms with Gasteiger partial charge in [0.2, 0.25) is 5.91 Å². The molecule has 1 aromatic heterocycles. The van der Waals surface area contributed by atoms with Gasteiger partial charge in [-0.25, -0.2) is 4.98 Å². The van der Waals surface area contributed by atoms with Gasteiger partial charge in [-0.15, -0.1) is 0 Å². The van der Waals surface area contributed by atoms with Crippen LogP contribution in [0.15, 0.2) is 36.7 Å². The zero-order valence-electron chi connectivity index (χ0n) is 13.8. The summed E-state index contributed by atoms with van der Waals surface area (Å²) in [5, 5.41) is 3.01. The lowest BCUT2D eigenvalue weighted by molar-refractivity contribution is -0.123. The molecule has 3 N–H and O–H groups in total. The molecule has 0 aliphatic rings. The van der Waals surface area contributed by atoms with Crippen molar-refractivity contribution in [2.45, 2.75) is 31.8 Å². The Hall–Kier alpha value is -2.34. The van der Waals surface area contributed by atoms with Crippen LogP contribution in [0.5, 0.6) is 5.75 Å². The quantitative estimate of drug-likeness (QED) is 0.815. The lowest BCUT2D eigenvalue weighted by Gasteiger charge is -2.21. The molecule has 1 aromatic carbocycles. The number of hydrogen-bond acceptors (Lipinski definition) is 4. The standard InChI is InChI=1S/C17H24N4O2/c1-4-5-14(18)17(22)20-15(16-19-10-11-21(16)2)12-6-8-13(23-3)9-7-12/h6-11,14-15H,4-5,18H2,1-3H3,(H,20,22). The van der Waals surface area contributed by atoms with Crippen LogP contribution in [-0.4, -0.2) is 28.6 Å². The number of carbonyl (C=O) groups excluding carboxylic acids is 1. The van der Waals surface area contributed by atoms with Crippen LogP contribution in [0, 0.1) is 0 Å². The van der Waals surface area contributed by atoms with Crippen molar-refractivity contribution in [3.8, 4) is 5.75 Å². The maximum Gasteiger partial charge on any atom is 0.237 e. The van der Waals surface area contributed by atoms with E-state index in [1.54, 1.807) is 13.3 Å². The molecule has 2 rings (SSSR count). The number of amides is 1. The van der Waals surface area contributed by atoms with Crippen LogP contribution in [0.3, 0.4) is 0 Å². The zero-order chi connectivity index (χ0) is 16.8. The highest BCUT2D eigenvalue weighted by atomic mass is 16.5. The highest BCUT2D eigenvalue weighted by molar-refractivity contribution is 5.82. The summed E-state index contributed by atoms with van der Waals surface area (Å²) in [6.45, 7) is 2.01. The summed E-state index contributed by atoms with van der Waals surface area (Å²) in [6.07, 6.45) is 5.08. The summed E-state index contributed by atoms with van der Waals surface area (Å²) < 4.78 is 7.08. The first-order chi connectivity index (χ1) is 11.1. The second-order valence-corrected chi connectivity index (χ2v) is 5.51. The second-order valence-electron chi connectivity index (χ2n) is 5.51. The van der Waals surface area contributed by atoms with E-state index in [0.717, 1.165) is 23.6 Å². The Morgan fingerprint density at radius 2 is 2.09 bits per heavy atom. The lowest BCUT2D eigenvalue weighted by Crippen LogP contribution is -2.43. The minimum Gasteiger partial charge on any atom is -0.497 e. The Kier molecular flexibility index (Phi) is 5.76. The van der Waals surface area contributed by atoms with Crippen LogP contribution in [0.25, 0.3) is 0 Å². The van der Waals surface area contributed by atoms with Crippen molar-refractivity contribution in [2.75, 3.05) is 7.11 Å². The average molecular weight is 316 g/mol. The van der Waals surface area contributed by atoms with E-state index in [4.69, 9.17) is 10.5 Å². The lowest BCUT2D eigenvalue weighted by atomic mass is 10.0. The second kappa shape index (κ2) is 7.78. The molecule has 2 unspecified atom stereocenters. The number of carbonyl (C=O) groups is 1. The van der Waals surface area contributed by atoms with E-state index in [0.29, 0.717) is 6.42 Å². The van der Waals surface area contributed by atoms with Gasteiger partial charge in [-0.1, -0.05) is 25.5 Å². The third kappa shape index (κ3) is 4.10. The Morgan fingerprint density at radius 1 is 1.39 bits per heavy atom. The van der Waals surface area contributed by atoms with Crippen LogP contribution in [-0.2, 0) is 11.8 Å². The molecule has 0 aliphatic heterocycles. The molecule has 2 atom stereocenters. The van der Waals surface area contributed by atoms with Crippen molar-refractivity contribution in [3.05, 3.63) is 48.0 Å². The van der Waals surface area contributed by atoms with E-state index in [1.807, 2.05) is 49.0 Å². The normalized spacial score (nSPS) is 13.4. The van der Waals surface area contributed by atoms with Crippen LogP contribution >= 0.6 is 0 Å². The summed E-state index contributed by atoms with van der Waals surface area (Å²) in [4.78, 5) is 16.7. The molecule has 1 amide bonds. The van der Waals surface area contributed by atoms with Crippen molar-refractivity contribution in [2.24, 2.45) is 12.8 Å². The van der Waals surface area contributed by atoms with Gasteiger partial charge in [0.05, 0.1) is 13.2 Å². The maximum atomic E-state index is 12.3. The molecule has 0 bridgehead atoms. The minimum atomic E-state index is -0.513. The molecule has 0 saturated heterocycles. The predicted octanol–water partition coefficient (Wildman–Crippen LogP) is 1.76. The highest BCUT2D eigenvalue weighted by Gasteiger charge is 2.23. The van der Waals surface area contributed by atoms with E-state index in [-0.39, 0.29) is 11.9 Å². The number of hydrogen-bond donors (Lipinski definition) is 2. The highest BCUT2D eigenvalue weighted by Crippen LogP contribution is 2.23. The van der Waals surface area contributed by atoms with Gasteiger partial charge in [0.1, 0.15) is 17.6 Å². The van der Waals surface area contributed by atoms with Crippen molar-refractivity contribution in [1.29, 1.82) is 0 Å². The molecule has 1 heterocycles. The Morgan fingerprint density at radius 3 is 2.61 bits per heavy atom. The smallest absolute Gasteiger partial charge is 0.237 e. The van der Waals surface area contributed by atoms with E-state index in [1.165, 1.54) is 0 Å². The first-order valence-corrected chi connectivity index (χ1v) is 7.74. The average Bonchev–Trinajstić information content (AvgIpc) is 2.98. The first-order valence-electron chi connectivity index (χ1n) is 7.74. The molecule has 2 aromatic rings. The molecule has 0 saturated carbocycles. The van der Waals surface area contributed by atoms with Gasteiger partial charge in [0.25, 0.3) is 0 Å². The summed E-state index contributed by atoms with van der Waals surface area (Å²) in [5.74, 6) is 1.35. The molecule has 0 spiro atoms.